The molecular weight excluding hydrogens is 420 g/mol. The molecule has 9 heteroatoms. The number of fused-ring (bicyclic) bond motifs is 2. The highest BCUT2D eigenvalue weighted by Gasteiger charge is 2.30. The van der Waals surface area contributed by atoms with Gasteiger partial charge >= 0.3 is 0 Å². The summed E-state index contributed by atoms with van der Waals surface area (Å²) >= 11 is 1.34. The topological polar surface area (TPSA) is 91.7 Å². The number of hydrogen-bond donors (Lipinski definition) is 1. The minimum Gasteiger partial charge on any atom is -0.331 e. The van der Waals surface area contributed by atoms with Crippen molar-refractivity contribution >= 4 is 38.2 Å². The Kier molecular flexibility index (Phi) is 4.79. The molecule has 5 rings (SSSR count). The number of aryl methyl sites for hydroxylation is 2. The van der Waals surface area contributed by atoms with Gasteiger partial charge in [-0.05, 0) is 55.0 Å². The monoisotopic (exact) mass is 440 g/mol. The minimum absolute atomic E-state index is 0.0631. The predicted molar refractivity (Wildman–Crippen MR) is 118 cm³/mol. The zero-order chi connectivity index (χ0) is 20.7. The summed E-state index contributed by atoms with van der Waals surface area (Å²) in [6, 6.07) is 6.46. The second kappa shape index (κ2) is 7.48. The van der Waals surface area contributed by atoms with Crippen molar-refractivity contribution in [3.63, 3.8) is 0 Å². The van der Waals surface area contributed by atoms with Crippen LogP contribution in [-0.2, 0) is 27.7 Å². The maximum Gasteiger partial charge on any atom is 0.261 e. The number of carbonyl (C=O) groups is 1. The number of amidine groups is 1. The summed E-state index contributed by atoms with van der Waals surface area (Å²) in [6.45, 7) is 0.280. The molecule has 2 aliphatic heterocycles. The van der Waals surface area contributed by atoms with E-state index in [-0.39, 0.29) is 23.7 Å². The zero-order valence-corrected chi connectivity index (χ0v) is 17.8. The van der Waals surface area contributed by atoms with E-state index in [4.69, 9.17) is 0 Å². The van der Waals surface area contributed by atoms with Crippen LogP contribution in [0.1, 0.15) is 24.0 Å². The van der Waals surface area contributed by atoms with Crippen molar-refractivity contribution in [3.05, 3.63) is 58.6 Å². The third-order valence-corrected chi connectivity index (χ3v) is 7.38. The first-order valence-electron chi connectivity index (χ1n) is 9.86. The van der Waals surface area contributed by atoms with Crippen LogP contribution < -0.4 is 5.32 Å². The molecule has 0 atom stereocenters. The van der Waals surface area contributed by atoms with E-state index in [0.717, 1.165) is 24.1 Å². The SMILES string of the molecule is O=C(Nc1nc(-c2ccc3c(c2)CCCC3)cs1)C1=CC=CN2CCS(=O)(=O)N=C12. The van der Waals surface area contributed by atoms with Gasteiger partial charge in [-0.25, -0.2) is 13.4 Å². The lowest BCUT2D eigenvalue weighted by Crippen LogP contribution is -2.40. The number of carbonyl (C=O) groups excluding carboxylic acids is 1. The molecule has 7 nitrogen and oxygen atoms in total. The highest BCUT2D eigenvalue weighted by atomic mass is 32.2. The molecule has 1 aliphatic carbocycles. The van der Waals surface area contributed by atoms with Crippen molar-refractivity contribution in [2.75, 3.05) is 17.6 Å². The van der Waals surface area contributed by atoms with Gasteiger partial charge in [0.1, 0.15) is 0 Å². The van der Waals surface area contributed by atoms with Gasteiger partial charge in [-0.3, -0.25) is 10.1 Å². The average Bonchev–Trinajstić information content (AvgIpc) is 3.20. The van der Waals surface area contributed by atoms with Gasteiger partial charge in [0, 0.05) is 23.7 Å². The summed E-state index contributed by atoms with van der Waals surface area (Å²) < 4.78 is 27.6. The number of nitrogens with zero attached hydrogens (tertiary/aromatic N) is 3. The molecule has 154 valence electrons. The maximum absolute atomic E-state index is 12.8. The fraction of sp³-hybridized carbons (Fsp3) is 0.286. The third kappa shape index (κ3) is 3.70. The van der Waals surface area contributed by atoms with Crippen LogP contribution in [0.15, 0.2) is 51.9 Å². The minimum atomic E-state index is -3.55. The summed E-state index contributed by atoms with van der Waals surface area (Å²) in [5.74, 6) is -0.328. The molecule has 3 heterocycles. The molecule has 30 heavy (non-hydrogen) atoms. The van der Waals surface area contributed by atoms with Crippen molar-refractivity contribution in [1.29, 1.82) is 0 Å². The maximum atomic E-state index is 12.8. The molecule has 0 unspecified atom stereocenters. The van der Waals surface area contributed by atoms with Crippen LogP contribution in [0.5, 0.6) is 0 Å². The van der Waals surface area contributed by atoms with Gasteiger partial charge in [0.2, 0.25) is 0 Å². The van der Waals surface area contributed by atoms with Gasteiger partial charge in [0.25, 0.3) is 15.9 Å². The molecule has 2 aromatic rings. The predicted octanol–water partition coefficient (Wildman–Crippen LogP) is 3.13. The van der Waals surface area contributed by atoms with Crippen molar-refractivity contribution < 1.29 is 13.2 Å². The van der Waals surface area contributed by atoms with Crippen molar-refractivity contribution in [1.82, 2.24) is 9.88 Å². The number of allylic oxidation sites excluding steroid dienone is 2. The quantitative estimate of drug-likeness (QED) is 0.792. The first-order valence-corrected chi connectivity index (χ1v) is 12.3. The zero-order valence-electron chi connectivity index (χ0n) is 16.2. The highest BCUT2D eigenvalue weighted by molar-refractivity contribution is 7.90. The molecule has 3 aliphatic rings. The van der Waals surface area contributed by atoms with E-state index >= 15 is 0 Å². The van der Waals surface area contributed by atoms with Crippen LogP contribution >= 0.6 is 11.3 Å². The first kappa shape index (κ1) is 19.2. The number of anilines is 1. The molecule has 0 saturated heterocycles. The highest BCUT2D eigenvalue weighted by Crippen LogP contribution is 2.30. The van der Waals surface area contributed by atoms with E-state index in [1.165, 1.54) is 35.3 Å². The van der Waals surface area contributed by atoms with Gasteiger partial charge in [-0.15, -0.1) is 15.7 Å². The summed E-state index contributed by atoms with van der Waals surface area (Å²) in [4.78, 5) is 19.1. The third-order valence-electron chi connectivity index (χ3n) is 5.47. The number of aromatic nitrogens is 1. The Morgan fingerprint density at radius 3 is 2.87 bits per heavy atom. The molecule has 1 aromatic heterocycles. The molecule has 0 saturated carbocycles. The van der Waals surface area contributed by atoms with Gasteiger partial charge < -0.3 is 4.90 Å². The van der Waals surface area contributed by atoms with Crippen molar-refractivity contribution in [3.8, 4) is 11.3 Å². The second-order valence-electron chi connectivity index (χ2n) is 7.50. The van der Waals surface area contributed by atoms with Crippen LogP contribution in [0, 0.1) is 0 Å². The fourth-order valence-corrected chi connectivity index (χ4v) is 5.61. The molecule has 1 aromatic carbocycles. The Hall–Kier alpha value is -2.78. The summed E-state index contributed by atoms with van der Waals surface area (Å²) in [7, 11) is -3.55. The normalized spacial score (nSPS) is 19.4. The summed E-state index contributed by atoms with van der Waals surface area (Å²) in [5.41, 5.74) is 4.87. The number of sulfonamides is 1. The van der Waals surface area contributed by atoms with Crippen LogP contribution in [0.25, 0.3) is 11.3 Å². The average molecular weight is 441 g/mol. The van der Waals surface area contributed by atoms with E-state index in [0.29, 0.717) is 5.13 Å². The van der Waals surface area contributed by atoms with Crippen LogP contribution in [0.2, 0.25) is 0 Å². The number of benzene rings is 1. The number of hydrogen-bond acceptors (Lipinski definition) is 6. The van der Waals surface area contributed by atoms with E-state index in [1.807, 2.05) is 5.38 Å². The summed E-state index contributed by atoms with van der Waals surface area (Å²) in [5, 5.41) is 5.18. The molecule has 0 bridgehead atoms. The Bertz CT molecular complexity index is 1220. The number of rotatable bonds is 3. The van der Waals surface area contributed by atoms with Crippen LogP contribution in [0.3, 0.4) is 0 Å². The number of amides is 1. The van der Waals surface area contributed by atoms with E-state index in [1.54, 1.807) is 23.3 Å². The van der Waals surface area contributed by atoms with Gasteiger partial charge in [-0.2, -0.15) is 0 Å². The molecule has 1 amide bonds. The largest absolute Gasteiger partial charge is 0.331 e. The molecular formula is C21H20N4O3S2. The Balaban J connectivity index is 1.36. The molecule has 0 radical (unpaired) electrons. The Morgan fingerprint density at radius 2 is 2.00 bits per heavy atom. The molecule has 0 spiro atoms. The van der Waals surface area contributed by atoms with Crippen LogP contribution in [-0.4, -0.2) is 42.3 Å². The summed E-state index contributed by atoms with van der Waals surface area (Å²) in [6.07, 6.45) is 9.70. The van der Waals surface area contributed by atoms with Crippen LogP contribution in [0.4, 0.5) is 5.13 Å². The van der Waals surface area contributed by atoms with E-state index in [9.17, 15) is 13.2 Å². The molecule has 0 fully saturated rings. The number of nitrogens with one attached hydrogen (secondary N) is 1. The lowest BCUT2D eigenvalue weighted by Gasteiger charge is -2.28. The number of thiazole rings is 1. The van der Waals surface area contributed by atoms with Gasteiger partial charge in [-0.1, -0.05) is 12.1 Å². The van der Waals surface area contributed by atoms with Crippen molar-refractivity contribution in [2.45, 2.75) is 25.7 Å². The van der Waals surface area contributed by atoms with Crippen molar-refractivity contribution in [2.24, 2.45) is 4.40 Å². The van der Waals surface area contributed by atoms with Gasteiger partial charge in [0.05, 0.1) is 17.0 Å². The Labute approximate surface area is 178 Å². The molecule has 1 N–H and O–H groups in total. The van der Waals surface area contributed by atoms with E-state index < -0.39 is 15.9 Å². The lowest BCUT2D eigenvalue weighted by atomic mass is 9.90. The first-order chi connectivity index (χ1) is 14.5. The standard InChI is InChI=1S/C21H20N4O3S2/c26-20(17-6-3-9-25-10-11-30(27,28)24-19(17)25)23-21-22-18(13-29-21)16-8-7-14-4-1-2-5-15(14)12-16/h3,6-9,12-13H,1-2,4-5,10-11H2,(H,22,23,26). The Morgan fingerprint density at radius 1 is 1.17 bits per heavy atom. The second-order valence-corrected chi connectivity index (χ2v) is 10.1. The van der Waals surface area contributed by atoms with E-state index in [2.05, 4.69) is 32.9 Å². The van der Waals surface area contributed by atoms with Gasteiger partial charge in [0.15, 0.2) is 11.0 Å². The fourth-order valence-electron chi connectivity index (χ4n) is 3.91. The lowest BCUT2D eigenvalue weighted by molar-refractivity contribution is -0.112. The smallest absolute Gasteiger partial charge is 0.261 e.